The summed E-state index contributed by atoms with van der Waals surface area (Å²) in [6, 6.07) is 17.9. The zero-order valence-corrected chi connectivity index (χ0v) is 24.1. The van der Waals surface area contributed by atoms with Crippen LogP contribution in [0.1, 0.15) is 23.2 Å². The third-order valence-electron chi connectivity index (χ3n) is 6.72. The molecule has 0 aliphatic carbocycles. The second-order valence-electron chi connectivity index (χ2n) is 9.83. The number of nitriles is 1. The van der Waals surface area contributed by atoms with E-state index in [1.807, 2.05) is 6.07 Å². The number of hydrogen-bond donors (Lipinski definition) is 3. The van der Waals surface area contributed by atoms with E-state index in [0.29, 0.717) is 64.0 Å². The summed E-state index contributed by atoms with van der Waals surface area (Å²) < 4.78 is 53.4. The first-order chi connectivity index (χ1) is 21.6. The third kappa shape index (κ3) is 6.88. The molecule has 14 heteroatoms. The molecule has 5 aromatic rings. The molecule has 5 rings (SSSR count). The Bertz CT molecular complexity index is 1920. The number of hydrogen-bond acceptors (Lipinski definition) is 8. The van der Waals surface area contributed by atoms with Gasteiger partial charge in [0, 0.05) is 29.6 Å². The number of aryl methyl sites for hydroxylation is 1. The highest BCUT2D eigenvalue weighted by Crippen LogP contribution is 2.36. The average Bonchev–Trinajstić information content (AvgIpc) is 3.35. The van der Waals surface area contributed by atoms with Crippen LogP contribution in [-0.4, -0.2) is 45.9 Å². The number of nitrogens with zero attached hydrogens (tertiary/aromatic N) is 5. The molecule has 0 fully saturated rings. The lowest BCUT2D eigenvalue weighted by Crippen LogP contribution is -2.30. The second-order valence-corrected chi connectivity index (χ2v) is 9.83. The molecule has 0 spiro atoms. The lowest BCUT2D eigenvalue weighted by Gasteiger charge is -2.13. The Hall–Kier alpha value is -5.84. The zero-order chi connectivity index (χ0) is 32.1. The number of amides is 2. The van der Waals surface area contributed by atoms with Crippen molar-refractivity contribution in [2.24, 2.45) is 0 Å². The number of halogens is 3. The molecule has 230 valence electrons. The summed E-state index contributed by atoms with van der Waals surface area (Å²) in [5.41, 5.74) is 8.05. The summed E-state index contributed by atoms with van der Waals surface area (Å²) in [6.45, 7) is 2.31. The standard InChI is InChI=1S/C31H27F3N8O3/c1-18-28(21-14-23(31(32,33)34)29(36)38-17-21)42-27(39-18)10-8-24(41-42)20-7-9-25(26(15-20)44-2)45-12-4-11-37-30(43)40-22-6-3-5-19(13-22)16-35/h3,5-10,13-15,17H,4,11-12H2,1-2H3,(H2,36,38)(H2,37,40,43). The average molecular weight is 617 g/mol. The number of nitrogen functional groups attached to an aromatic ring is 1. The molecule has 2 aromatic carbocycles. The summed E-state index contributed by atoms with van der Waals surface area (Å²) in [5.74, 6) is 0.311. The van der Waals surface area contributed by atoms with Gasteiger partial charge < -0.3 is 25.8 Å². The van der Waals surface area contributed by atoms with Crippen molar-refractivity contribution >= 4 is 23.2 Å². The van der Waals surface area contributed by atoms with Crippen LogP contribution in [0.4, 0.5) is 29.5 Å². The molecule has 0 radical (unpaired) electrons. The largest absolute Gasteiger partial charge is 0.493 e. The number of urea groups is 1. The number of nitrogens with two attached hydrogens (primary N) is 1. The van der Waals surface area contributed by atoms with Gasteiger partial charge in [-0.15, -0.1) is 0 Å². The number of anilines is 2. The van der Waals surface area contributed by atoms with Crippen LogP contribution < -0.4 is 25.8 Å². The van der Waals surface area contributed by atoms with Crippen LogP contribution in [-0.2, 0) is 6.18 Å². The number of ether oxygens (including phenoxy) is 2. The predicted molar refractivity (Wildman–Crippen MR) is 161 cm³/mol. The summed E-state index contributed by atoms with van der Waals surface area (Å²) in [7, 11) is 1.50. The van der Waals surface area contributed by atoms with Crippen LogP contribution >= 0.6 is 0 Å². The zero-order valence-electron chi connectivity index (χ0n) is 24.1. The van der Waals surface area contributed by atoms with Crippen molar-refractivity contribution in [3.8, 4) is 40.1 Å². The van der Waals surface area contributed by atoms with Gasteiger partial charge in [0.05, 0.1) is 48.0 Å². The first-order valence-electron chi connectivity index (χ1n) is 13.6. The van der Waals surface area contributed by atoms with Gasteiger partial charge in [0.15, 0.2) is 17.1 Å². The van der Waals surface area contributed by atoms with Gasteiger partial charge in [-0.3, -0.25) is 0 Å². The molecule has 0 saturated heterocycles. The molecule has 3 aromatic heterocycles. The van der Waals surface area contributed by atoms with Gasteiger partial charge in [0.1, 0.15) is 5.82 Å². The molecular formula is C31H27F3N8O3. The highest BCUT2D eigenvalue weighted by atomic mass is 19.4. The Kier molecular flexibility index (Phi) is 8.71. The molecule has 3 heterocycles. The number of nitrogens with one attached hydrogen (secondary N) is 2. The fourth-order valence-corrected chi connectivity index (χ4v) is 4.60. The first-order valence-corrected chi connectivity index (χ1v) is 13.6. The molecule has 4 N–H and O–H groups in total. The smallest absolute Gasteiger partial charge is 0.419 e. The predicted octanol–water partition coefficient (Wildman–Crippen LogP) is 5.84. The van der Waals surface area contributed by atoms with E-state index in [4.69, 9.17) is 20.5 Å². The topological polar surface area (TPSA) is 152 Å². The van der Waals surface area contributed by atoms with E-state index in [1.165, 1.54) is 17.8 Å². The van der Waals surface area contributed by atoms with Gasteiger partial charge in [-0.05, 0) is 67.9 Å². The number of aromatic nitrogens is 4. The Balaban J connectivity index is 1.27. The second kappa shape index (κ2) is 12.8. The molecule has 0 bridgehead atoms. The van der Waals surface area contributed by atoms with Crippen LogP contribution in [0, 0.1) is 18.3 Å². The van der Waals surface area contributed by atoms with E-state index in [1.54, 1.807) is 61.5 Å². The monoisotopic (exact) mass is 616 g/mol. The van der Waals surface area contributed by atoms with Crippen molar-refractivity contribution in [1.29, 1.82) is 5.26 Å². The first kappa shape index (κ1) is 30.6. The number of imidazole rings is 1. The lowest BCUT2D eigenvalue weighted by atomic mass is 10.1. The minimum absolute atomic E-state index is 0.174. The molecule has 45 heavy (non-hydrogen) atoms. The van der Waals surface area contributed by atoms with Gasteiger partial charge in [0.25, 0.3) is 0 Å². The van der Waals surface area contributed by atoms with Crippen molar-refractivity contribution in [3.63, 3.8) is 0 Å². The minimum atomic E-state index is -4.67. The van der Waals surface area contributed by atoms with Crippen molar-refractivity contribution in [3.05, 3.63) is 83.7 Å². The summed E-state index contributed by atoms with van der Waals surface area (Å²) >= 11 is 0. The molecule has 11 nitrogen and oxygen atoms in total. The number of methoxy groups -OCH3 is 1. The normalized spacial score (nSPS) is 11.2. The van der Waals surface area contributed by atoms with Crippen molar-refractivity contribution in [2.45, 2.75) is 19.5 Å². The van der Waals surface area contributed by atoms with Gasteiger partial charge in [-0.25, -0.2) is 19.3 Å². The number of carbonyl (C=O) groups excluding carboxylic acids is 1. The number of fused-ring (bicyclic) bond motifs is 1. The van der Waals surface area contributed by atoms with Crippen molar-refractivity contribution < 1.29 is 27.4 Å². The fraction of sp³-hybridized carbons (Fsp3) is 0.194. The summed E-state index contributed by atoms with van der Waals surface area (Å²) in [6.07, 6.45) is -2.90. The van der Waals surface area contributed by atoms with E-state index < -0.39 is 23.6 Å². The highest BCUT2D eigenvalue weighted by Gasteiger charge is 2.34. The van der Waals surface area contributed by atoms with Crippen LogP contribution in [0.3, 0.4) is 0 Å². The molecule has 0 saturated carbocycles. The third-order valence-corrected chi connectivity index (χ3v) is 6.72. The van der Waals surface area contributed by atoms with Gasteiger partial charge in [-0.1, -0.05) is 6.07 Å². The van der Waals surface area contributed by atoms with E-state index in [2.05, 4.69) is 25.7 Å². The van der Waals surface area contributed by atoms with Gasteiger partial charge in [-0.2, -0.15) is 23.5 Å². The van der Waals surface area contributed by atoms with Crippen molar-refractivity contribution in [1.82, 2.24) is 24.9 Å². The molecule has 0 atom stereocenters. The molecule has 0 unspecified atom stereocenters. The van der Waals surface area contributed by atoms with E-state index in [0.717, 1.165) is 6.07 Å². The van der Waals surface area contributed by atoms with E-state index in [-0.39, 0.29) is 12.2 Å². The number of alkyl halides is 3. The lowest BCUT2D eigenvalue weighted by molar-refractivity contribution is -0.137. The Labute approximate surface area is 255 Å². The minimum Gasteiger partial charge on any atom is -0.493 e. The quantitative estimate of drug-likeness (QED) is 0.175. The van der Waals surface area contributed by atoms with Gasteiger partial charge in [0.2, 0.25) is 0 Å². The molecule has 2 amide bonds. The van der Waals surface area contributed by atoms with Crippen molar-refractivity contribution in [2.75, 3.05) is 31.3 Å². The van der Waals surface area contributed by atoms with Gasteiger partial charge >= 0.3 is 12.2 Å². The maximum atomic E-state index is 13.5. The van der Waals surface area contributed by atoms with E-state index in [9.17, 15) is 18.0 Å². The summed E-state index contributed by atoms with van der Waals surface area (Å²) in [5, 5.41) is 19.1. The molecular weight excluding hydrogens is 589 g/mol. The number of rotatable bonds is 9. The molecule has 0 aliphatic rings. The van der Waals surface area contributed by atoms with Crippen LogP contribution in [0.5, 0.6) is 11.5 Å². The highest BCUT2D eigenvalue weighted by molar-refractivity contribution is 5.89. The van der Waals surface area contributed by atoms with Crippen LogP contribution in [0.15, 0.2) is 66.9 Å². The molecule has 0 aliphatic heterocycles. The Morgan fingerprint density at radius 2 is 1.91 bits per heavy atom. The SMILES string of the molecule is COc1cc(-c2ccc3nc(C)c(-c4cnc(N)c(C(F)(F)F)c4)n3n2)ccc1OCCCNC(=O)Nc1cccc(C#N)c1. The Morgan fingerprint density at radius 1 is 1.09 bits per heavy atom. The van der Waals surface area contributed by atoms with Crippen LogP contribution in [0.2, 0.25) is 0 Å². The number of pyridine rings is 1. The Morgan fingerprint density at radius 3 is 2.67 bits per heavy atom. The number of carbonyl (C=O) groups is 1. The maximum Gasteiger partial charge on any atom is 0.419 e. The van der Waals surface area contributed by atoms with E-state index >= 15 is 0 Å². The maximum absolute atomic E-state index is 13.5. The fourth-order valence-electron chi connectivity index (χ4n) is 4.60. The number of benzene rings is 2. The van der Waals surface area contributed by atoms with Crippen LogP contribution in [0.25, 0.3) is 28.2 Å². The summed E-state index contributed by atoms with van der Waals surface area (Å²) in [4.78, 5) is 20.3.